The zero-order valence-corrected chi connectivity index (χ0v) is 20.4. The van der Waals surface area contributed by atoms with E-state index in [-0.39, 0.29) is 26.3 Å². The lowest BCUT2D eigenvalue weighted by Crippen LogP contribution is -2.47. The van der Waals surface area contributed by atoms with Gasteiger partial charge in [0.25, 0.3) is 0 Å². The monoisotopic (exact) mass is 483 g/mol. The molecule has 2 aliphatic heterocycles. The van der Waals surface area contributed by atoms with Crippen molar-refractivity contribution in [1.82, 2.24) is 4.90 Å². The first-order valence-corrected chi connectivity index (χ1v) is 12.4. The van der Waals surface area contributed by atoms with Crippen LogP contribution in [0.3, 0.4) is 0 Å². The molecule has 0 radical (unpaired) electrons. The van der Waals surface area contributed by atoms with Gasteiger partial charge >= 0.3 is 0 Å². The Morgan fingerprint density at radius 1 is 1.24 bits per heavy atom. The van der Waals surface area contributed by atoms with Gasteiger partial charge in [0.15, 0.2) is 0 Å². The van der Waals surface area contributed by atoms with Crippen molar-refractivity contribution in [1.29, 1.82) is 10.5 Å². The quantitative estimate of drug-likeness (QED) is 0.367. The summed E-state index contributed by atoms with van der Waals surface area (Å²) in [6.45, 7) is 5.85. The van der Waals surface area contributed by atoms with Crippen LogP contribution in [0.4, 0.5) is 4.39 Å². The number of benzene rings is 1. The highest BCUT2D eigenvalue weighted by Gasteiger charge is 2.30. The maximum absolute atomic E-state index is 13.6. The lowest BCUT2D eigenvalue weighted by atomic mass is 9.91. The van der Waals surface area contributed by atoms with Crippen LogP contribution in [0.2, 0.25) is 0 Å². The maximum atomic E-state index is 13.6. The molecule has 3 rings (SSSR count). The molecule has 0 atom stereocenters. The minimum absolute atomic E-state index is 0.0914. The van der Waals surface area contributed by atoms with E-state index in [9.17, 15) is 14.9 Å². The zero-order valence-electron chi connectivity index (χ0n) is 19.6. The molecule has 1 aromatic rings. The van der Waals surface area contributed by atoms with Crippen molar-refractivity contribution in [2.45, 2.75) is 26.4 Å². The topological polar surface area (TPSA) is 89.5 Å². The molecule has 0 aliphatic carbocycles. The van der Waals surface area contributed by atoms with Crippen molar-refractivity contribution in [3.05, 3.63) is 57.7 Å². The second kappa shape index (κ2) is 12.6. The Bertz CT molecular complexity index is 1030. The first-order chi connectivity index (χ1) is 16.5. The van der Waals surface area contributed by atoms with E-state index in [1.165, 1.54) is 0 Å². The first kappa shape index (κ1) is 25.8. The van der Waals surface area contributed by atoms with Gasteiger partial charge in [-0.3, -0.25) is 0 Å². The van der Waals surface area contributed by atoms with Gasteiger partial charge in [-0.1, -0.05) is 25.1 Å². The molecule has 2 heterocycles. The Labute approximate surface area is 205 Å². The van der Waals surface area contributed by atoms with E-state index in [4.69, 9.17) is 14.6 Å². The molecule has 1 aromatic carbocycles. The summed E-state index contributed by atoms with van der Waals surface area (Å²) in [5, 5.41) is 29.5. The third kappa shape index (κ3) is 6.21. The van der Waals surface area contributed by atoms with Crippen LogP contribution in [-0.4, -0.2) is 61.4 Å². The standard InChI is InChI=1S/C26H30FN3O3S/c1-3-4-25(34-17-19-15-32-16-19)24(12-29)26(20-5-7-22(8-6-20)33-10-9-31)23(11-28)18(2)30-13-21(27)14-30/h4-8,19,21,31H,3,9-10,13-17H2,1-2H3/b23-18+,25-4-,26-24-. The highest BCUT2D eigenvalue weighted by molar-refractivity contribution is 8.03. The van der Waals surface area contributed by atoms with Crippen LogP contribution in [0.1, 0.15) is 25.8 Å². The summed E-state index contributed by atoms with van der Waals surface area (Å²) in [7, 11) is 0. The van der Waals surface area contributed by atoms with Crippen LogP contribution in [-0.2, 0) is 4.74 Å². The highest BCUT2D eigenvalue weighted by atomic mass is 32.2. The lowest BCUT2D eigenvalue weighted by molar-refractivity contribution is -0.0196. The van der Waals surface area contributed by atoms with Crippen molar-refractivity contribution in [2.24, 2.45) is 5.92 Å². The average molecular weight is 484 g/mol. The van der Waals surface area contributed by atoms with E-state index >= 15 is 0 Å². The first-order valence-electron chi connectivity index (χ1n) is 11.4. The van der Waals surface area contributed by atoms with E-state index in [1.54, 1.807) is 30.8 Å². The molecule has 0 aromatic heterocycles. The van der Waals surface area contributed by atoms with Crippen LogP contribution < -0.4 is 4.74 Å². The third-order valence-electron chi connectivity index (χ3n) is 5.72. The van der Waals surface area contributed by atoms with Gasteiger partial charge in [-0.15, -0.1) is 11.8 Å². The number of alkyl halides is 1. The van der Waals surface area contributed by atoms with E-state index in [1.807, 2.05) is 30.0 Å². The summed E-state index contributed by atoms with van der Waals surface area (Å²) < 4.78 is 24.3. The molecular weight excluding hydrogens is 453 g/mol. The van der Waals surface area contributed by atoms with Gasteiger partial charge < -0.3 is 19.5 Å². The summed E-state index contributed by atoms with van der Waals surface area (Å²) in [5.74, 6) is 1.87. The maximum Gasteiger partial charge on any atom is 0.135 e. The molecule has 0 bridgehead atoms. The largest absolute Gasteiger partial charge is 0.491 e. The summed E-state index contributed by atoms with van der Waals surface area (Å²) >= 11 is 1.61. The predicted octanol–water partition coefficient (Wildman–Crippen LogP) is 4.46. The van der Waals surface area contributed by atoms with Gasteiger partial charge in [-0.2, -0.15) is 10.5 Å². The molecule has 0 amide bonds. The molecule has 0 unspecified atom stereocenters. The molecule has 2 fully saturated rings. The number of nitrogens with zero attached hydrogens (tertiary/aromatic N) is 3. The number of hydrogen-bond acceptors (Lipinski definition) is 7. The summed E-state index contributed by atoms with van der Waals surface area (Å²) in [6.07, 6.45) is 1.86. The number of ether oxygens (including phenoxy) is 2. The lowest BCUT2D eigenvalue weighted by Gasteiger charge is -2.37. The fourth-order valence-corrected chi connectivity index (χ4v) is 4.89. The Hall–Kier alpha value is -2.78. The Morgan fingerprint density at radius 3 is 2.41 bits per heavy atom. The Balaban J connectivity index is 2.10. The summed E-state index contributed by atoms with van der Waals surface area (Å²) in [5.41, 5.74) is 2.70. The molecule has 0 saturated carbocycles. The molecule has 2 aliphatic rings. The number of aliphatic hydroxyl groups excluding tert-OH is 1. The predicted molar refractivity (Wildman–Crippen MR) is 131 cm³/mol. The SMILES string of the molecule is CC/C=C(SCC1COC1)/C(C#N)=C(\C(C#N)=C(/C)N1CC(F)C1)c1ccc(OCCO)cc1. The number of allylic oxidation sites excluding steroid dienone is 5. The number of likely N-dealkylation sites (tertiary alicyclic amines) is 1. The van der Waals surface area contributed by atoms with E-state index in [0.29, 0.717) is 39.6 Å². The highest BCUT2D eigenvalue weighted by Crippen LogP contribution is 2.38. The molecule has 8 heteroatoms. The fourth-order valence-electron chi connectivity index (χ4n) is 3.71. The molecule has 2 saturated heterocycles. The average Bonchev–Trinajstić information content (AvgIpc) is 2.79. The molecule has 34 heavy (non-hydrogen) atoms. The minimum Gasteiger partial charge on any atom is -0.491 e. The Kier molecular flexibility index (Phi) is 9.59. The summed E-state index contributed by atoms with van der Waals surface area (Å²) in [4.78, 5) is 2.67. The van der Waals surface area contributed by atoms with E-state index in [0.717, 1.165) is 30.3 Å². The molecular formula is C26H30FN3O3S. The Morgan fingerprint density at radius 2 is 1.91 bits per heavy atom. The van der Waals surface area contributed by atoms with Crippen LogP contribution in [0.25, 0.3) is 5.57 Å². The van der Waals surface area contributed by atoms with Gasteiger partial charge in [0, 0.05) is 27.8 Å². The van der Waals surface area contributed by atoms with Crippen LogP contribution in [0.5, 0.6) is 5.75 Å². The normalized spacial score (nSPS) is 18.2. The zero-order chi connectivity index (χ0) is 24.5. The van der Waals surface area contributed by atoms with Crippen LogP contribution in [0.15, 0.2) is 52.1 Å². The third-order valence-corrected chi connectivity index (χ3v) is 7.04. The van der Waals surface area contributed by atoms with Crippen molar-refractivity contribution in [2.75, 3.05) is 45.3 Å². The molecule has 1 N–H and O–H groups in total. The number of rotatable bonds is 11. The molecule has 6 nitrogen and oxygen atoms in total. The van der Waals surface area contributed by atoms with Crippen LogP contribution >= 0.6 is 11.8 Å². The van der Waals surface area contributed by atoms with Crippen molar-refractivity contribution < 1.29 is 19.0 Å². The van der Waals surface area contributed by atoms with Crippen molar-refractivity contribution >= 4 is 17.3 Å². The minimum atomic E-state index is -0.906. The van der Waals surface area contributed by atoms with E-state index < -0.39 is 6.17 Å². The number of thioether (sulfide) groups is 1. The number of halogens is 1. The van der Waals surface area contributed by atoms with Crippen molar-refractivity contribution in [3.8, 4) is 17.9 Å². The second-order valence-electron chi connectivity index (χ2n) is 8.22. The van der Waals surface area contributed by atoms with Gasteiger partial charge in [0.2, 0.25) is 0 Å². The van der Waals surface area contributed by atoms with Gasteiger partial charge in [0.05, 0.1) is 44.1 Å². The smallest absolute Gasteiger partial charge is 0.135 e. The van der Waals surface area contributed by atoms with E-state index in [2.05, 4.69) is 12.1 Å². The summed E-state index contributed by atoms with van der Waals surface area (Å²) in [6, 6.07) is 11.8. The number of aliphatic hydroxyl groups is 1. The van der Waals surface area contributed by atoms with Gasteiger partial charge in [0.1, 0.15) is 30.7 Å². The van der Waals surface area contributed by atoms with Gasteiger partial charge in [-0.05, 0) is 31.0 Å². The van der Waals surface area contributed by atoms with Crippen molar-refractivity contribution in [3.63, 3.8) is 0 Å². The van der Waals surface area contributed by atoms with Crippen LogP contribution in [0, 0.1) is 28.6 Å². The molecule has 0 spiro atoms. The van der Waals surface area contributed by atoms with Gasteiger partial charge in [-0.25, -0.2) is 4.39 Å². The number of hydrogen-bond donors (Lipinski definition) is 1. The fraction of sp³-hybridized carbons (Fsp3) is 0.462. The second-order valence-corrected chi connectivity index (χ2v) is 9.29. The molecule has 180 valence electrons. The number of nitriles is 2.